The molecule has 0 aliphatic rings. The first kappa shape index (κ1) is 11.7. The van der Waals surface area contributed by atoms with Gasteiger partial charge in [-0.05, 0) is 43.0 Å². The molecule has 0 bridgehead atoms. The van der Waals surface area contributed by atoms with Crippen molar-refractivity contribution in [1.82, 2.24) is 4.98 Å². The quantitative estimate of drug-likeness (QED) is 0.533. The molecule has 2 aromatic rings. The fraction of sp³-hybridized carbons (Fsp3) is 0.357. The molecule has 0 unspecified atom stereocenters. The zero-order chi connectivity index (χ0) is 12.3. The highest BCUT2D eigenvalue weighted by atomic mass is 14.7. The highest BCUT2D eigenvalue weighted by Crippen LogP contribution is 2.22. The number of anilines is 1. The number of aryl methyl sites for hydroxylation is 1. The third kappa shape index (κ3) is 2.67. The van der Waals surface area contributed by atoms with Crippen molar-refractivity contribution in [3.05, 3.63) is 30.0 Å². The van der Waals surface area contributed by atoms with E-state index in [1.807, 2.05) is 24.4 Å². The van der Waals surface area contributed by atoms with Crippen LogP contribution in [0.1, 0.15) is 31.7 Å². The highest BCUT2D eigenvalue weighted by Gasteiger charge is 2.05. The van der Waals surface area contributed by atoms with Crippen LogP contribution in [0.4, 0.5) is 5.69 Å². The summed E-state index contributed by atoms with van der Waals surface area (Å²) in [6.07, 6.45) is 5.76. The van der Waals surface area contributed by atoms with Crippen molar-refractivity contribution in [3.63, 3.8) is 0 Å². The van der Waals surface area contributed by atoms with E-state index in [9.17, 15) is 0 Å². The van der Waals surface area contributed by atoms with Gasteiger partial charge in [0.05, 0.1) is 0 Å². The van der Waals surface area contributed by atoms with Crippen molar-refractivity contribution in [1.29, 1.82) is 5.41 Å². The van der Waals surface area contributed by atoms with Crippen molar-refractivity contribution in [2.24, 2.45) is 0 Å². The Kier molecular flexibility index (Phi) is 3.47. The minimum atomic E-state index is 0.794. The average Bonchev–Trinajstić information content (AvgIpc) is 2.69. The SMILES string of the molecule is CCCC(=N)CCc1c[nH]c2ccc(N)cc12. The van der Waals surface area contributed by atoms with E-state index in [4.69, 9.17) is 11.1 Å². The maximum atomic E-state index is 7.81. The molecule has 0 atom stereocenters. The molecule has 90 valence electrons. The Labute approximate surface area is 102 Å². The van der Waals surface area contributed by atoms with Crippen LogP contribution in [0, 0.1) is 5.41 Å². The molecule has 1 heterocycles. The molecule has 0 saturated heterocycles. The molecular formula is C14H19N3. The lowest BCUT2D eigenvalue weighted by Gasteiger charge is -2.02. The van der Waals surface area contributed by atoms with E-state index in [-0.39, 0.29) is 0 Å². The van der Waals surface area contributed by atoms with Gasteiger partial charge in [0, 0.05) is 28.5 Å². The van der Waals surface area contributed by atoms with Gasteiger partial charge in [-0.1, -0.05) is 13.3 Å². The Morgan fingerprint density at radius 3 is 2.94 bits per heavy atom. The van der Waals surface area contributed by atoms with Gasteiger partial charge in [-0.3, -0.25) is 0 Å². The first-order chi connectivity index (χ1) is 8.20. The molecule has 1 aromatic heterocycles. The number of aromatic nitrogens is 1. The lowest BCUT2D eigenvalue weighted by Crippen LogP contribution is -1.97. The van der Waals surface area contributed by atoms with Crippen LogP contribution in [0.2, 0.25) is 0 Å². The zero-order valence-electron chi connectivity index (χ0n) is 10.2. The Bertz CT molecular complexity index is 525. The normalized spacial score (nSPS) is 10.9. The molecule has 3 heteroatoms. The van der Waals surface area contributed by atoms with E-state index in [1.165, 1.54) is 10.9 Å². The van der Waals surface area contributed by atoms with E-state index >= 15 is 0 Å². The van der Waals surface area contributed by atoms with Crippen LogP contribution in [-0.4, -0.2) is 10.7 Å². The molecule has 2 rings (SSSR count). The van der Waals surface area contributed by atoms with E-state index in [1.54, 1.807) is 0 Å². The van der Waals surface area contributed by atoms with Crippen molar-refractivity contribution in [2.45, 2.75) is 32.6 Å². The number of nitrogens with one attached hydrogen (secondary N) is 2. The number of hydrogen-bond acceptors (Lipinski definition) is 2. The molecule has 0 aliphatic carbocycles. The lowest BCUT2D eigenvalue weighted by atomic mass is 10.0. The predicted octanol–water partition coefficient (Wildman–Crippen LogP) is 3.50. The first-order valence-electron chi connectivity index (χ1n) is 6.12. The summed E-state index contributed by atoms with van der Waals surface area (Å²) in [5, 5.41) is 9.00. The number of hydrogen-bond donors (Lipinski definition) is 3. The first-order valence-corrected chi connectivity index (χ1v) is 6.12. The molecule has 1 aromatic carbocycles. The second-order valence-electron chi connectivity index (χ2n) is 4.47. The van der Waals surface area contributed by atoms with E-state index in [0.29, 0.717) is 0 Å². The van der Waals surface area contributed by atoms with Crippen LogP contribution < -0.4 is 5.73 Å². The predicted molar refractivity (Wildman–Crippen MR) is 73.7 cm³/mol. The zero-order valence-corrected chi connectivity index (χ0v) is 10.2. The molecule has 0 aliphatic heterocycles. The second-order valence-corrected chi connectivity index (χ2v) is 4.47. The second kappa shape index (κ2) is 5.04. The van der Waals surface area contributed by atoms with Gasteiger partial charge in [0.2, 0.25) is 0 Å². The minimum absolute atomic E-state index is 0.794. The molecule has 0 saturated carbocycles. The largest absolute Gasteiger partial charge is 0.399 e. The van der Waals surface area contributed by atoms with Crippen molar-refractivity contribution < 1.29 is 0 Å². The smallest absolute Gasteiger partial charge is 0.0458 e. The Morgan fingerprint density at radius 1 is 1.35 bits per heavy atom. The summed E-state index contributed by atoms with van der Waals surface area (Å²) in [4.78, 5) is 3.25. The molecule has 0 amide bonds. The van der Waals surface area contributed by atoms with Crippen molar-refractivity contribution >= 4 is 22.3 Å². The summed E-state index contributed by atoms with van der Waals surface area (Å²) in [5.74, 6) is 0. The molecule has 0 spiro atoms. The van der Waals surface area contributed by atoms with Crippen LogP contribution in [-0.2, 0) is 6.42 Å². The number of benzene rings is 1. The van der Waals surface area contributed by atoms with Crippen LogP contribution in [0.25, 0.3) is 10.9 Å². The van der Waals surface area contributed by atoms with E-state index in [2.05, 4.69) is 11.9 Å². The fourth-order valence-electron chi connectivity index (χ4n) is 2.12. The van der Waals surface area contributed by atoms with Crippen LogP contribution in [0.3, 0.4) is 0 Å². The fourth-order valence-corrected chi connectivity index (χ4v) is 2.12. The number of rotatable bonds is 5. The highest BCUT2D eigenvalue weighted by molar-refractivity contribution is 5.87. The summed E-state index contributed by atoms with van der Waals surface area (Å²) in [6.45, 7) is 2.11. The summed E-state index contributed by atoms with van der Waals surface area (Å²) in [6, 6.07) is 5.91. The minimum Gasteiger partial charge on any atom is -0.399 e. The number of H-pyrrole nitrogens is 1. The van der Waals surface area contributed by atoms with Gasteiger partial charge in [0.25, 0.3) is 0 Å². The molecule has 4 N–H and O–H groups in total. The van der Waals surface area contributed by atoms with Crippen molar-refractivity contribution in [2.75, 3.05) is 5.73 Å². The van der Waals surface area contributed by atoms with Gasteiger partial charge in [0.15, 0.2) is 0 Å². The van der Waals surface area contributed by atoms with Gasteiger partial charge < -0.3 is 16.1 Å². The molecule has 3 nitrogen and oxygen atoms in total. The van der Waals surface area contributed by atoms with Crippen LogP contribution in [0.5, 0.6) is 0 Å². The van der Waals surface area contributed by atoms with Gasteiger partial charge in [-0.15, -0.1) is 0 Å². The molecule has 0 fully saturated rings. The summed E-state index contributed by atoms with van der Waals surface area (Å²) in [7, 11) is 0. The van der Waals surface area contributed by atoms with Gasteiger partial charge in [-0.2, -0.15) is 0 Å². The maximum absolute atomic E-state index is 7.81. The Hall–Kier alpha value is -1.77. The van der Waals surface area contributed by atoms with E-state index < -0.39 is 0 Å². The third-order valence-electron chi connectivity index (χ3n) is 3.04. The Balaban J connectivity index is 2.13. The number of nitrogens with two attached hydrogens (primary N) is 1. The van der Waals surface area contributed by atoms with Gasteiger partial charge >= 0.3 is 0 Å². The third-order valence-corrected chi connectivity index (χ3v) is 3.04. The van der Waals surface area contributed by atoms with Gasteiger partial charge in [0.1, 0.15) is 0 Å². The van der Waals surface area contributed by atoms with Crippen LogP contribution >= 0.6 is 0 Å². The molecule has 0 radical (unpaired) electrons. The van der Waals surface area contributed by atoms with Gasteiger partial charge in [-0.25, -0.2) is 0 Å². The number of aromatic amines is 1. The topological polar surface area (TPSA) is 65.7 Å². The monoisotopic (exact) mass is 229 g/mol. The number of nitrogen functional groups attached to an aromatic ring is 1. The number of fused-ring (bicyclic) bond motifs is 1. The molecular weight excluding hydrogens is 210 g/mol. The maximum Gasteiger partial charge on any atom is 0.0458 e. The standard InChI is InChI=1S/C14H19N3/c1-2-3-11(15)5-4-10-9-17-14-7-6-12(16)8-13(10)14/h6-9,15,17H,2-5,16H2,1H3. The van der Waals surface area contributed by atoms with E-state index in [0.717, 1.165) is 42.6 Å². The summed E-state index contributed by atoms with van der Waals surface area (Å²) in [5.41, 5.74) is 9.81. The lowest BCUT2D eigenvalue weighted by molar-refractivity contribution is 0.926. The summed E-state index contributed by atoms with van der Waals surface area (Å²) < 4.78 is 0. The average molecular weight is 229 g/mol. The Morgan fingerprint density at radius 2 is 2.18 bits per heavy atom. The van der Waals surface area contributed by atoms with Crippen LogP contribution in [0.15, 0.2) is 24.4 Å². The molecule has 17 heavy (non-hydrogen) atoms. The summed E-state index contributed by atoms with van der Waals surface area (Å²) >= 11 is 0. The van der Waals surface area contributed by atoms with Crippen molar-refractivity contribution in [3.8, 4) is 0 Å².